The molecule has 160 valence electrons. The highest BCUT2D eigenvalue weighted by atomic mass is 32.1. The van der Waals surface area contributed by atoms with Crippen LogP contribution in [-0.2, 0) is 0 Å². The van der Waals surface area contributed by atoms with Gasteiger partial charge in [-0.1, -0.05) is 52.4 Å². The van der Waals surface area contributed by atoms with Crippen LogP contribution in [0.1, 0.15) is 102 Å². The van der Waals surface area contributed by atoms with Gasteiger partial charge in [-0.25, -0.2) is 0 Å². The molecule has 2 saturated carbocycles. The summed E-state index contributed by atoms with van der Waals surface area (Å²) in [6, 6.07) is 9.24. The van der Waals surface area contributed by atoms with Gasteiger partial charge in [0, 0.05) is 9.58 Å². The van der Waals surface area contributed by atoms with Crippen LogP contribution in [0.3, 0.4) is 0 Å². The molecule has 4 rings (SSSR count). The Balaban J connectivity index is 1.31. The molecule has 1 aromatic heterocycles. The van der Waals surface area contributed by atoms with E-state index in [2.05, 4.69) is 38.1 Å². The maximum atomic E-state index is 6.25. The maximum absolute atomic E-state index is 6.25. The van der Waals surface area contributed by atoms with Crippen molar-refractivity contribution in [3.63, 3.8) is 0 Å². The van der Waals surface area contributed by atoms with E-state index in [4.69, 9.17) is 4.74 Å². The first kappa shape index (κ1) is 21.2. The fraction of sp³-hybridized carbons (Fsp3) is 0.704. The van der Waals surface area contributed by atoms with Crippen molar-refractivity contribution < 1.29 is 4.74 Å². The second-order valence-corrected chi connectivity index (χ2v) is 11.0. The molecule has 2 fully saturated rings. The molecule has 0 spiro atoms. The van der Waals surface area contributed by atoms with Gasteiger partial charge in [0.2, 0.25) is 0 Å². The lowest BCUT2D eigenvalue weighted by Gasteiger charge is -2.28. The molecule has 0 saturated heterocycles. The second kappa shape index (κ2) is 10.3. The topological polar surface area (TPSA) is 9.23 Å². The van der Waals surface area contributed by atoms with Crippen LogP contribution in [0.5, 0.6) is 5.75 Å². The number of thiophene rings is 1. The highest BCUT2D eigenvalue weighted by molar-refractivity contribution is 7.19. The molecule has 0 radical (unpaired) electrons. The first-order chi connectivity index (χ1) is 14.2. The van der Waals surface area contributed by atoms with Gasteiger partial charge in [-0.3, -0.25) is 0 Å². The normalized spacial score (nSPS) is 27.9. The van der Waals surface area contributed by atoms with E-state index in [1.165, 1.54) is 87.1 Å². The number of fused-ring (bicyclic) bond motifs is 1. The fourth-order valence-corrected chi connectivity index (χ4v) is 7.04. The van der Waals surface area contributed by atoms with E-state index in [-0.39, 0.29) is 0 Å². The molecule has 0 aliphatic heterocycles. The molecule has 29 heavy (non-hydrogen) atoms. The van der Waals surface area contributed by atoms with Gasteiger partial charge in [-0.2, -0.15) is 0 Å². The van der Waals surface area contributed by atoms with Gasteiger partial charge in [0.25, 0.3) is 0 Å². The van der Waals surface area contributed by atoms with Crippen molar-refractivity contribution in [1.29, 1.82) is 0 Å². The van der Waals surface area contributed by atoms with E-state index in [0.29, 0.717) is 0 Å². The summed E-state index contributed by atoms with van der Waals surface area (Å²) in [5, 5.41) is 1.41. The van der Waals surface area contributed by atoms with Crippen LogP contribution >= 0.6 is 11.3 Å². The Morgan fingerprint density at radius 2 is 1.41 bits per heavy atom. The van der Waals surface area contributed by atoms with Crippen LogP contribution in [-0.4, -0.2) is 6.61 Å². The van der Waals surface area contributed by atoms with Crippen molar-refractivity contribution in [2.24, 2.45) is 17.8 Å². The molecule has 1 aromatic carbocycles. The Bertz CT molecular complexity index is 747. The Kier molecular flexibility index (Phi) is 7.56. The average molecular weight is 413 g/mol. The summed E-state index contributed by atoms with van der Waals surface area (Å²) in [5.74, 6) is 4.60. The van der Waals surface area contributed by atoms with Gasteiger partial charge < -0.3 is 4.74 Å². The van der Waals surface area contributed by atoms with Crippen molar-refractivity contribution in [2.75, 3.05) is 6.61 Å². The third-order valence-electron chi connectivity index (χ3n) is 7.61. The number of hydrogen-bond acceptors (Lipinski definition) is 2. The molecular formula is C27H40OS. The third-order valence-corrected chi connectivity index (χ3v) is 8.87. The number of hydrogen-bond donors (Lipinski definition) is 0. The number of benzene rings is 1. The quantitative estimate of drug-likeness (QED) is 0.420. The van der Waals surface area contributed by atoms with Crippen LogP contribution in [0.25, 0.3) is 10.1 Å². The Morgan fingerprint density at radius 3 is 2.07 bits per heavy atom. The standard InChI is InChI=1S/C27H40OS/c1-3-5-20-7-9-22(10-8-20)19-28-25-16-15-24-17-26(29-27(24)18-25)23-13-11-21(6-4-2)12-14-23/h15-18,20-23H,3-14,19H2,1-2H3. The van der Waals surface area contributed by atoms with Gasteiger partial charge in [-0.15, -0.1) is 11.3 Å². The zero-order valence-electron chi connectivity index (χ0n) is 18.6. The first-order valence-corrected chi connectivity index (χ1v) is 13.2. The molecule has 2 heteroatoms. The first-order valence-electron chi connectivity index (χ1n) is 12.4. The molecular weight excluding hydrogens is 372 g/mol. The predicted molar refractivity (Wildman–Crippen MR) is 127 cm³/mol. The summed E-state index contributed by atoms with van der Waals surface area (Å²) in [6.45, 7) is 5.55. The summed E-state index contributed by atoms with van der Waals surface area (Å²) in [4.78, 5) is 1.61. The van der Waals surface area contributed by atoms with Gasteiger partial charge in [0.15, 0.2) is 0 Å². The molecule has 1 heterocycles. The average Bonchev–Trinajstić information content (AvgIpc) is 3.18. The van der Waals surface area contributed by atoms with Crippen molar-refractivity contribution in [1.82, 2.24) is 0 Å². The van der Waals surface area contributed by atoms with Crippen LogP contribution in [0.2, 0.25) is 0 Å². The molecule has 0 amide bonds. The van der Waals surface area contributed by atoms with Gasteiger partial charge in [-0.05, 0) is 91.8 Å². The number of ether oxygens (including phenoxy) is 1. The van der Waals surface area contributed by atoms with Crippen molar-refractivity contribution in [3.8, 4) is 5.75 Å². The van der Waals surface area contributed by atoms with Gasteiger partial charge in [0.05, 0.1) is 6.61 Å². The number of rotatable bonds is 8. The molecule has 2 aliphatic rings. The SMILES string of the molecule is CCCC1CCC(COc2ccc3cc(C4CCC(CCC)CC4)sc3c2)CC1. The molecule has 2 aromatic rings. The van der Waals surface area contributed by atoms with E-state index in [1.54, 1.807) is 4.88 Å². The molecule has 0 N–H and O–H groups in total. The Labute approximate surface area is 182 Å². The molecule has 0 atom stereocenters. The smallest absolute Gasteiger partial charge is 0.120 e. The lowest BCUT2D eigenvalue weighted by Crippen LogP contribution is -2.20. The second-order valence-electron chi connectivity index (χ2n) is 9.84. The van der Waals surface area contributed by atoms with Gasteiger partial charge >= 0.3 is 0 Å². The van der Waals surface area contributed by atoms with Crippen molar-refractivity contribution in [3.05, 3.63) is 29.1 Å². The lowest BCUT2D eigenvalue weighted by atomic mass is 9.79. The summed E-state index contributed by atoms with van der Waals surface area (Å²) >= 11 is 2.02. The predicted octanol–water partition coefficient (Wildman–Crippen LogP) is 8.96. The molecule has 2 aliphatic carbocycles. The minimum Gasteiger partial charge on any atom is -0.493 e. The van der Waals surface area contributed by atoms with E-state index in [9.17, 15) is 0 Å². The third kappa shape index (κ3) is 5.57. The minimum absolute atomic E-state index is 0.760. The summed E-state index contributed by atoms with van der Waals surface area (Å²) in [7, 11) is 0. The van der Waals surface area contributed by atoms with E-state index < -0.39 is 0 Å². The van der Waals surface area contributed by atoms with Crippen molar-refractivity contribution >= 4 is 21.4 Å². The van der Waals surface area contributed by atoms with Crippen LogP contribution < -0.4 is 4.74 Å². The van der Waals surface area contributed by atoms with E-state index in [1.807, 2.05) is 11.3 Å². The monoisotopic (exact) mass is 412 g/mol. The van der Waals surface area contributed by atoms with Crippen LogP contribution in [0, 0.1) is 17.8 Å². The van der Waals surface area contributed by atoms with Gasteiger partial charge in [0.1, 0.15) is 5.75 Å². The zero-order valence-corrected chi connectivity index (χ0v) is 19.4. The molecule has 1 nitrogen and oxygen atoms in total. The Morgan fingerprint density at radius 1 is 0.793 bits per heavy atom. The van der Waals surface area contributed by atoms with Crippen LogP contribution in [0.15, 0.2) is 24.3 Å². The summed E-state index contributed by atoms with van der Waals surface area (Å²) < 4.78 is 7.67. The molecule has 0 unspecified atom stereocenters. The maximum Gasteiger partial charge on any atom is 0.120 e. The highest BCUT2D eigenvalue weighted by Gasteiger charge is 2.24. The summed E-state index contributed by atoms with van der Waals surface area (Å²) in [6.07, 6.45) is 16.7. The highest BCUT2D eigenvalue weighted by Crippen LogP contribution is 2.42. The zero-order chi connectivity index (χ0) is 20.1. The lowest BCUT2D eigenvalue weighted by molar-refractivity contribution is 0.179. The van der Waals surface area contributed by atoms with Crippen molar-refractivity contribution in [2.45, 2.75) is 96.8 Å². The van der Waals surface area contributed by atoms with E-state index in [0.717, 1.165) is 36.0 Å². The summed E-state index contributed by atoms with van der Waals surface area (Å²) in [5.41, 5.74) is 0. The fourth-order valence-electron chi connectivity index (χ4n) is 5.78. The van der Waals surface area contributed by atoms with E-state index >= 15 is 0 Å². The Hall–Kier alpha value is -1.02. The minimum atomic E-state index is 0.760. The largest absolute Gasteiger partial charge is 0.493 e. The molecule has 0 bridgehead atoms. The van der Waals surface area contributed by atoms with Crippen LogP contribution in [0.4, 0.5) is 0 Å².